The molecule has 0 heterocycles. The van der Waals surface area contributed by atoms with Crippen LogP contribution >= 0.6 is 0 Å². The molecule has 1 aromatic carbocycles. The topological polar surface area (TPSA) is 44.4 Å². The van der Waals surface area contributed by atoms with E-state index in [-0.39, 0.29) is 5.91 Å². The zero-order valence-electron chi connectivity index (χ0n) is 13.6. The van der Waals surface area contributed by atoms with Gasteiger partial charge in [0.2, 0.25) is 0 Å². The summed E-state index contributed by atoms with van der Waals surface area (Å²) in [6, 6.07) is 7.69. The largest absolute Gasteiger partial charge is 0.384 e. The molecule has 0 saturated heterocycles. The van der Waals surface area contributed by atoms with E-state index in [1.807, 2.05) is 24.3 Å². The van der Waals surface area contributed by atoms with Crippen LogP contribution in [0.1, 0.15) is 44.0 Å². The van der Waals surface area contributed by atoms with Gasteiger partial charge in [-0.3, -0.25) is 4.79 Å². The lowest BCUT2D eigenvalue weighted by atomic mass is 10.1. The van der Waals surface area contributed by atoms with Gasteiger partial charge in [-0.2, -0.15) is 0 Å². The van der Waals surface area contributed by atoms with Gasteiger partial charge in [0, 0.05) is 18.8 Å². The van der Waals surface area contributed by atoms with E-state index in [1.165, 1.54) is 0 Å². The van der Waals surface area contributed by atoms with Crippen LogP contribution in [0.2, 0.25) is 0 Å². The van der Waals surface area contributed by atoms with Crippen molar-refractivity contribution in [3.05, 3.63) is 29.8 Å². The van der Waals surface area contributed by atoms with E-state index in [0.717, 1.165) is 56.8 Å². The summed E-state index contributed by atoms with van der Waals surface area (Å²) in [5, 5.41) is 6.32. The van der Waals surface area contributed by atoms with Crippen molar-refractivity contribution in [1.29, 1.82) is 0 Å². The van der Waals surface area contributed by atoms with Crippen LogP contribution < -0.4 is 10.6 Å². The third-order valence-corrected chi connectivity index (χ3v) is 3.57. The fourth-order valence-electron chi connectivity index (χ4n) is 2.23. The van der Waals surface area contributed by atoms with Crippen LogP contribution in [0.5, 0.6) is 0 Å². The Balaban J connectivity index is 2.44. The highest BCUT2D eigenvalue weighted by atomic mass is 16.1. The SMILES string of the molecule is CCCNc1ccccc1C(=O)NCCCN(CC)CC. The lowest BCUT2D eigenvalue weighted by Gasteiger charge is -2.18. The van der Waals surface area contributed by atoms with Crippen LogP contribution in [-0.2, 0) is 0 Å². The molecule has 118 valence electrons. The molecule has 2 N–H and O–H groups in total. The molecule has 0 spiro atoms. The normalized spacial score (nSPS) is 10.7. The average Bonchev–Trinajstić information content (AvgIpc) is 2.53. The van der Waals surface area contributed by atoms with Crippen molar-refractivity contribution in [2.45, 2.75) is 33.6 Å². The van der Waals surface area contributed by atoms with Gasteiger partial charge in [-0.1, -0.05) is 32.9 Å². The summed E-state index contributed by atoms with van der Waals surface area (Å²) >= 11 is 0. The number of nitrogens with one attached hydrogen (secondary N) is 2. The van der Waals surface area contributed by atoms with Crippen molar-refractivity contribution in [3.8, 4) is 0 Å². The van der Waals surface area contributed by atoms with Crippen molar-refractivity contribution < 1.29 is 4.79 Å². The molecular weight excluding hydrogens is 262 g/mol. The van der Waals surface area contributed by atoms with Crippen LogP contribution in [0.3, 0.4) is 0 Å². The van der Waals surface area contributed by atoms with E-state index in [0.29, 0.717) is 0 Å². The molecule has 0 unspecified atom stereocenters. The predicted molar refractivity (Wildman–Crippen MR) is 90.0 cm³/mol. The van der Waals surface area contributed by atoms with Crippen molar-refractivity contribution in [3.63, 3.8) is 0 Å². The van der Waals surface area contributed by atoms with Crippen molar-refractivity contribution in [1.82, 2.24) is 10.2 Å². The third-order valence-electron chi connectivity index (χ3n) is 3.57. The maximum absolute atomic E-state index is 12.2. The Morgan fingerprint density at radius 3 is 2.48 bits per heavy atom. The van der Waals surface area contributed by atoms with E-state index in [1.54, 1.807) is 0 Å². The second-order valence-corrected chi connectivity index (χ2v) is 5.11. The fourth-order valence-corrected chi connectivity index (χ4v) is 2.23. The number of rotatable bonds is 10. The van der Waals surface area contributed by atoms with Crippen LogP contribution in [0, 0.1) is 0 Å². The molecule has 4 nitrogen and oxygen atoms in total. The number of amides is 1. The van der Waals surface area contributed by atoms with Crippen LogP contribution in [0.15, 0.2) is 24.3 Å². The van der Waals surface area contributed by atoms with Gasteiger partial charge in [0.05, 0.1) is 5.56 Å². The summed E-state index contributed by atoms with van der Waals surface area (Å²) in [6.45, 7) is 11.2. The monoisotopic (exact) mass is 291 g/mol. The van der Waals surface area contributed by atoms with Gasteiger partial charge in [0.15, 0.2) is 0 Å². The smallest absolute Gasteiger partial charge is 0.253 e. The standard InChI is InChI=1S/C17H29N3O/c1-4-12-18-16-11-8-7-10-15(16)17(21)19-13-9-14-20(5-2)6-3/h7-8,10-11,18H,4-6,9,12-14H2,1-3H3,(H,19,21). The van der Waals surface area contributed by atoms with E-state index in [9.17, 15) is 4.79 Å². The molecule has 0 aliphatic heterocycles. The maximum atomic E-state index is 12.2. The second kappa shape index (κ2) is 10.2. The summed E-state index contributed by atoms with van der Waals surface area (Å²) in [5.41, 5.74) is 1.65. The molecule has 21 heavy (non-hydrogen) atoms. The number of nitrogens with zero attached hydrogens (tertiary/aromatic N) is 1. The minimum absolute atomic E-state index is 0.00810. The number of para-hydroxylation sites is 1. The zero-order chi connectivity index (χ0) is 15.5. The van der Waals surface area contributed by atoms with Gasteiger partial charge < -0.3 is 15.5 Å². The third kappa shape index (κ3) is 6.17. The molecule has 0 aromatic heterocycles. The first-order valence-corrected chi connectivity index (χ1v) is 8.06. The van der Waals surface area contributed by atoms with Crippen molar-refractivity contribution >= 4 is 11.6 Å². The molecule has 1 amide bonds. The summed E-state index contributed by atoms with van der Waals surface area (Å²) in [5.74, 6) is 0.00810. The average molecular weight is 291 g/mol. The van der Waals surface area contributed by atoms with Gasteiger partial charge in [-0.25, -0.2) is 0 Å². The number of anilines is 1. The maximum Gasteiger partial charge on any atom is 0.253 e. The van der Waals surface area contributed by atoms with Crippen LogP contribution in [-0.4, -0.2) is 43.5 Å². The van der Waals surface area contributed by atoms with E-state index >= 15 is 0 Å². The zero-order valence-corrected chi connectivity index (χ0v) is 13.6. The number of hydrogen-bond donors (Lipinski definition) is 2. The van der Waals surface area contributed by atoms with E-state index in [2.05, 4.69) is 36.3 Å². The molecule has 0 bridgehead atoms. The molecule has 1 aromatic rings. The minimum atomic E-state index is 0.00810. The van der Waals surface area contributed by atoms with E-state index < -0.39 is 0 Å². The molecule has 0 aliphatic rings. The first kappa shape index (κ1) is 17.5. The van der Waals surface area contributed by atoms with Gasteiger partial charge in [-0.05, 0) is 44.6 Å². The first-order chi connectivity index (χ1) is 10.2. The Morgan fingerprint density at radius 2 is 1.81 bits per heavy atom. The van der Waals surface area contributed by atoms with Crippen LogP contribution in [0.25, 0.3) is 0 Å². The predicted octanol–water partition coefficient (Wildman–Crippen LogP) is 2.97. The van der Waals surface area contributed by atoms with Crippen molar-refractivity contribution in [2.24, 2.45) is 0 Å². The van der Waals surface area contributed by atoms with E-state index in [4.69, 9.17) is 0 Å². The second-order valence-electron chi connectivity index (χ2n) is 5.11. The lowest BCUT2D eigenvalue weighted by molar-refractivity contribution is 0.0952. The highest BCUT2D eigenvalue weighted by Crippen LogP contribution is 2.14. The number of carbonyl (C=O) groups is 1. The Labute approximate surface area is 128 Å². The summed E-state index contributed by atoms with van der Waals surface area (Å²) in [7, 11) is 0. The molecule has 0 aliphatic carbocycles. The quantitative estimate of drug-likeness (QED) is 0.651. The Morgan fingerprint density at radius 1 is 1.10 bits per heavy atom. The molecule has 0 radical (unpaired) electrons. The highest BCUT2D eigenvalue weighted by Gasteiger charge is 2.09. The number of benzene rings is 1. The summed E-state index contributed by atoms with van der Waals surface area (Å²) in [6.07, 6.45) is 2.03. The molecular formula is C17H29N3O. The minimum Gasteiger partial charge on any atom is -0.384 e. The van der Waals surface area contributed by atoms with Crippen LogP contribution in [0.4, 0.5) is 5.69 Å². The number of carbonyl (C=O) groups excluding carboxylic acids is 1. The highest BCUT2D eigenvalue weighted by molar-refractivity contribution is 5.99. The Kier molecular flexibility index (Phi) is 8.51. The molecule has 0 saturated carbocycles. The molecule has 0 atom stereocenters. The molecule has 4 heteroatoms. The summed E-state index contributed by atoms with van der Waals surface area (Å²) in [4.78, 5) is 14.6. The Hall–Kier alpha value is -1.55. The van der Waals surface area contributed by atoms with Gasteiger partial charge in [-0.15, -0.1) is 0 Å². The van der Waals surface area contributed by atoms with Gasteiger partial charge in [0.25, 0.3) is 5.91 Å². The van der Waals surface area contributed by atoms with Gasteiger partial charge >= 0.3 is 0 Å². The molecule has 1 rings (SSSR count). The van der Waals surface area contributed by atoms with Crippen molar-refractivity contribution in [2.75, 3.05) is 38.0 Å². The number of hydrogen-bond acceptors (Lipinski definition) is 3. The Bertz CT molecular complexity index is 416. The van der Waals surface area contributed by atoms with Gasteiger partial charge in [0.1, 0.15) is 0 Å². The summed E-state index contributed by atoms with van der Waals surface area (Å²) < 4.78 is 0. The first-order valence-electron chi connectivity index (χ1n) is 8.06. The molecule has 0 fully saturated rings. The lowest BCUT2D eigenvalue weighted by Crippen LogP contribution is -2.30. The fraction of sp³-hybridized carbons (Fsp3) is 0.588.